The van der Waals surface area contributed by atoms with E-state index in [1.54, 1.807) is 0 Å². The summed E-state index contributed by atoms with van der Waals surface area (Å²) < 4.78 is 32.5. The minimum Gasteiger partial charge on any atom is -0.507 e. The number of hydrogen-bond acceptors (Lipinski definition) is 4. The Morgan fingerprint density at radius 3 is 2.71 bits per heavy atom. The molecule has 1 aromatic heterocycles. The molecule has 3 aromatic rings. The van der Waals surface area contributed by atoms with E-state index >= 15 is 0 Å². The predicted octanol–water partition coefficient (Wildman–Crippen LogP) is 4.15. The zero-order valence-electron chi connectivity index (χ0n) is 10.3. The van der Waals surface area contributed by atoms with Crippen LogP contribution in [0.25, 0.3) is 22.8 Å². The van der Waals surface area contributed by atoms with E-state index in [0.29, 0.717) is 10.0 Å². The van der Waals surface area contributed by atoms with Gasteiger partial charge in [0.2, 0.25) is 5.82 Å². The summed E-state index contributed by atoms with van der Waals surface area (Å²) in [6, 6.07) is 7.82. The molecular formula is C14H7BrF2N2O2. The van der Waals surface area contributed by atoms with Crippen molar-refractivity contribution in [2.75, 3.05) is 0 Å². The first kappa shape index (κ1) is 13.7. The van der Waals surface area contributed by atoms with Crippen LogP contribution in [0.2, 0.25) is 0 Å². The first-order valence-electron chi connectivity index (χ1n) is 5.83. The maximum atomic E-state index is 13.7. The first-order valence-corrected chi connectivity index (χ1v) is 6.62. The quantitative estimate of drug-likeness (QED) is 0.752. The van der Waals surface area contributed by atoms with Crippen molar-refractivity contribution in [1.82, 2.24) is 10.1 Å². The highest BCUT2D eigenvalue weighted by atomic mass is 79.9. The largest absolute Gasteiger partial charge is 0.507 e. The Balaban J connectivity index is 2.10. The van der Waals surface area contributed by atoms with Crippen LogP contribution in [0.1, 0.15) is 0 Å². The smallest absolute Gasteiger partial charge is 0.265 e. The standard InChI is InChI=1S/C14H7BrF2N2O2/c15-9-5-4-7(16)6-8(9)13-18-14(21-19-13)12-10(17)2-1-3-11(12)20/h1-6,20H. The molecule has 2 aromatic carbocycles. The van der Waals surface area contributed by atoms with Crippen LogP contribution in [0.4, 0.5) is 8.78 Å². The molecule has 7 heteroatoms. The highest BCUT2D eigenvalue weighted by molar-refractivity contribution is 9.10. The minimum atomic E-state index is -0.691. The number of nitrogens with zero attached hydrogens (tertiary/aromatic N) is 2. The molecule has 106 valence electrons. The average molecular weight is 353 g/mol. The Morgan fingerprint density at radius 2 is 1.95 bits per heavy atom. The lowest BCUT2D eigenvalue weighted by molar-refractivity contribution is 0.421. The normalized spacial score (nSPS) is 10.8. The molecule has 0 aliphatic carbocycles. The van der Waals surface area contributed by atoms with Crippen LogP contribution < -0.4 is 0 Å². The molecule has 0 aliphatic rings. The molecule has 0 atom stereocenters. The van der Waals surface area contributed by atoms with E-state index in [9.17, 15) is 13.9 Å². The van der Waals surface area contributed by atoms with E-state index < -0.39 is 11.6 Å². The van der Waals surface area contributed by atoms with Crippen molar-refractivity contribution in [3.8, 4) is 28.6 Å². The fourth-order valence-corrected chi connectivity index (χ4v) is 2.25. The third-order valence-corrected chi connectivity index (χ3v) is 3.49. The number of phenols is 1. The lowest BCUT2D eigenvalue weighted by atomic mass is 10.2. The Morgan fingerprint density at radius 1 is 1.14 bits per heavy atom. The van der Waals surface area contributed by atoms with Crippen LogP contribution in [-0.4, -0.2) is 15.2 Å². The third kappa shape index (κ3) is 2.52. The Kier molecular flexibility index (Phi) is 3.42. The Hall–Kier alpha value is -2.28. The molecule has 0 saturated carbocycles. The highest BCUT2D eigenvalue weighted by Gasteiger charge is 2.19. The lowest BCUT2D eigenvalue weighted by Crippen LogP contribution is -1.87. The van der Waals surface area contributed by atoms with Crippen LogP contribution >= 0.6 is 15.9 Å². The highest BCUT2D eigenvalue weighted by Crippen LogP contribution is 2.33. The van der Waals surface area contributed by atoms with Crippen molar-refractivity contribution in [2.45, 2.75) is 0 Å². The molecule has 4 nitrogen and oxygen atoms in total. The van der Waals surface area contributed by atoms with Crippen molar-refractivity contribution in [1.29, 1.82) is 0 Å². The lowest BCUT2D eigenvalue weighted by Gasteiger charge is -2.00. The fraction of sp³-hybridized carbons (Fsp3) is 0. The van der Waals surface area contributed by atoms with Crippen LogP contribution in [-0.2, 0) is 0 Å². The van der Waals surface area contributed by atoms with Crippen LogP contribution in [0, 0.1) is 11.6 Å². The van der Waals surface area contributed by atoms with Gasteiger partial charge in [0, 0.05) is 10.0 Å². The molecule has 0 amide bonds. The van der Waals surface area contributed by atoms with E-state index in [-0.39, 0.29) is 23.0 Å². The minimum absolute atomic E-state index is 0.0824. The van der Waals surface area contributed by atoms with E-state index in [2.05, 4.69) is 26.1 Å². The fourth-order valence-electron chi connectivity index (χ4n) is 1.83. The maximum Gasteiger partial charge on any atom is 0.265 e. The molecule has 0 aliphatic heterocycles. The molecule has 3 rings (SSSR count). The second-order valence-electron chi connectivity index (χ2n) is 4.18. The molecule has 0 radical (unpaired) electrons. The van der Waals surface area contributed by atoms with Gasteiger partial charge in [-0.3, -0.25) is 0 Å². The van der Waals surface area contributed by atoms with Gasteiger partial charge in [-0.15, -0.1) is 0 Å². The van der Waals surface area contributed by atoms with Gasteiger partial charge in [0.15, 0.2) is 0 Å². The second kappa shape index (κ2) is 5.25. The topological polar surface area (TPSA) is 59.2 Å². The van der Waals surface area contributed by atoms with Gasteiger partial charge in [0.05, 0.1) is 0 Å². The molecule has 0 bridgehead atoms. The van der Waals surface area contributed by atoms with E-state index in [4.69, 9.17) is 4.52 Å². The molecule has 21 heavy (non-hydrogen) atoms. The van der Waals surface area contributed by atoms with Gasteiger partial charge >= 0.3 is 0 Å². The van der Waals surface area contributed by atoms with Crippen molar-refractivity contribution in [3.63, 3.8) is 0 Å². The number of rotatable bonds is 2. The summed E-state index contributed by atoms with van der Waals surface area (Å²) in [7, 11) is 0. The molecule has 0 unspecified atom stereocenters. The zero-order chi connectivity index (χ0) is 15.0. The summed E-state index contributed by atoms with van der Waals surface area (Å²) in [5, 5.41) is 13.4. The summed E-state index contributed by atoms with van der Waals surface area (Å²) in [6.07, 6.45) is 0. The van der Waals surface area contributed by atoms with E-state index in [1.807, 2.05) is 0 Å². The van der Waals surface area contributed by atoms with Gasteiger partial charge in [0.1, 0.15) is 22.9 Å². The molecular weight excluding hydrogens is 346 g/mol. The summed E-state index contributed by atoms with van der Waals surface area (Å²) in [5.41, 5.74) is 0.171. The van der Waals surface area contributed by atoms with Gasteiger partial charge in [-0.2, -0.15) is 4.98 Å². The average Bonchev–Trinajstić information content (AvgIpc) is 2.90. The summed E-state index contributed by atoms with van der Waals surface area (Å²) in [5.74, 6) is -1.57. The maximum absolute atomic E-state index is 13.7. The van der Waals surface area contributed by atoms with E-state index in [1.165, 1.54) is 30.3 Å². The molecule has 1 N–H and O–H groups in total. The SMILES string of the molecule is Oc1cccc(F)c1-c1nc(-c2cc(F)ccc2Br)no1. The predicted molar refractivity (Wildman–Crippen MR) is 74.5 cm³/mol. The number of benzene rings is 2. The van der Waals surface area contributed by atoms with Crippen molar-refractivity contribution in [2.24, 2.45) is 0 Å². The van der Waals surface area contributed by atoms with Gasteiger partial charge in [-0.1, -0.05) is 27.2 Å². The number of aromatic hydroxyl groups is 1. The number of hydrogen-bond donors (Lipinski definition) is 1. The van der Waals surface area contributed by atoms with Crippen molar-refractivity contribution >= 4 is 15.9 Å². The van der Waals surface area contributed by atoms with Gasteiger partial charge in [0.25, 0.3) is 5.89 Å². The Labute approximate surface area is 126 Å². The third-order valence-electron chi connectivity index (χ3n) is 2.80. The summed E-state index contributed by atoms with van der Waals surface area (Å²) in [4.78, 5) is 4.00. The van der Waals surface area contributed by atoms with Crippen LogP contribution in [0.15, 0.2) is 45.4 Å². The molecule has 1 heterocycles. The van der Waals surface area contributed by atoms with Crippen LogP contribution in [0.5, 0.6) is 5.75 Å². The number of aromatic nitrogens is 2. The Bertz CT molecular complexity index is 800. The summed E-state index contributed by atoms with van der Waals surface area (Å²) in [6.45, 7) is 0. The molecule has 0 fully saturated rings. The monoisotopic (exact) mass is 352 g/mol. The molecule has 0 saturated heterocycles. The van der Waals surface area contributed by atoms with Crippen molar-refractivity contribution in [3.05, 3.63) is 52.5 Å². The van der Waals surface area contributed by atoms with Gasteiger partial charge < -0.3 is 9.63 Å². The zero-order valence-corrected chi connectivity index (χ0v) is 11.9. The first-order chi connectivity index (χ1) is 10.1. The van der Waals surface area contributed by atoms with Gasteiger partial charge in [-0.25, -0.2) is 8.78 Å². The van der Waals surface area contributed by atoms with Crippen LogP contribution in [0.3, 0.4) is 0 Å². The van der Waals surface area contributed by atoms with Gasteiger partial charge in [-0.05, 0) is 30.3 Å². The number of phenolic OH excluding ortho intramolecular Hbond substituents is 1. The molecule has 0 spiro atoms. The van der Waals surface area contributed by atoms with Crippen molar-refractivity contribution < 1.29 is 18.4 Å². The summed E-state index contributed by atoms with van der Waals surface area (Å²) >= 11 is 3.25. The van der Waals surface area contributed by atoms with E-state index in [0.717, 1.165) is 6.07 Å². The second-order valence-corrected chi connectivity index (χ2v) is 5.04. The number of halogens is 3.